The maximum atomic E-state index is 12.6. The highest BCUT2D eigenvalue weighted by Gasteiger charge is 2.18. The predicted molar refractivity (Wildman–Crippen MR) is 91.8 cm³/mol. The number of hydrogen-bond donors (Lipinski definition) is 1. The first-order chi connectivity index (χ1) is 11.6. The average molecular weight is 323 g/mol. The highest BCUT2D eigenvalue weighted by molar-refractivity contribution is 5.91. The Morgan fingerprint density at radius 3 is 2.71 bits per heavy atom. The van der Waals surface area contributed by atoms with Crippen molar-refractivity contribution in [3.63, 3.8) is 0 Å². The van der Waals surface area contributed by atoms with Gasteiger partial charge in [-0.15, -0.1) is 0 Å². The van der Waals surface area contributed by atoms with Crippen LogP contribution in [0.2, 0.25) is 0 Å². The second-order valence-electron chi connectivity index (χ2n) is 5.82. The Hall–Kier alpha value is -2.78. The number of aromatic nitrogens is 2. The monoisotopic (exact) mass is 323 g/mol. The molecule has 1 heterocycles. The maximum Gasteiger partial charge on any atom is 0.243 e. The molecule has 0 bridgehead atoms. The van der Waals surface area contributed by atoms with Gasteiger partial charge in [0.25, 0.3) is 0 Å². The minimum atomic E-state index is -0.0953. The van der Waals surface area contributed by atoms with E-state index in [0.717, 1.165) is 5.56 Å². The molecule has 1 aromatic carbocycles. The lowest BCUT2D eigenvalue weighted by molar-refractivity contribution is -0.119. The first-order valence-electron chi connectivity index (χ1n) is 7.93. The predicted octanol–water partition coefficient (Wildman–Crippen LogP) is 2.47. The number of hydrazine groups is 1. The molecule has 0 fully saturated rings. The standard InChI is InChI=1S/C18H21N5O/c1-14(2)13-21-23(17-10-11-20-16(12-19)22-17)18(24)9-8-15-6-4-3-5-7-15/h3-7,10-11,14,21H,8-9,13H2,1-2H3. The number of amides is 1. The number of benzene rings is 1. The fraction of sp³-hybridized carbons (Fsp3) is 0.333. The molecule has 0 unspecified atom stereocenters. The summed E-state index contributed by atoms with van der Waals surface area (Å²) < 4.78 is 0. The third-order valence-corrected chi connectivity index (χ3v) is 3.35. The molecule has 0 aliphatic rings. The third kappa shape index (κ3) is 5.14. The van der Waals surface area contributed by atoms with Crippen molar-refractivity contribution in [3.05, 3.63) is 54.0 Å². The highest BCUT2D eigenvalue weighted by Crippen LogP contribution is 2.12. The highest BCUT2D eigenvalue weighted by atomic mass is 16.2. The molecule has 0 radical (unpaired) electrons. The molecule has 0 spiro atoms. The molecule has 0 saturated carbocycles. The number of carbonyl (C=O) groups excluding carboxylic acids is 1. The van der Waals surface area contributed by atoms with E-state index in [1.165, 1.54) is 11.2 Å². The Balaban J connectivity index is 2.12. The molecule has 0 aliphatic heterocycles. The number of nitrogens with zero attached hydrogens (tertiary/aromatic N) is 4. The minimum Gasteiger partial charge on any atom is -0.273 e. The van der Waals surface area contributed by atoms with Crippen LogP contribution < -0.4 is 10.4 Å². The minimum absolute atomic E-state index is 0.0414. The van der Waals surface area contributed by atoms with Crippen molar-refractivity contribution in [2.24, 2.45) is 5.92 Å². The van der Waals surface area contributed by atoms with Gasteiger partial charge in [-0.3, -0.25) is 4.79 Å². The van der Waals surface area contributed by atoms with E-state index in [1.54, 1.807) is 6.07 Å². The van der Waals surface area contributed by atoms with Crippen LogP contribution in [0.5, 0.6) is 0 Å². The molecular formula is C18H21N5O. The molecule has 24 heavy (non-hydrogen) atoms. The number of nitriles is 1. The van der Waals surface area contributed by atoms with Crippen molar-refractivity contribution in [3.8, 4) is 6.07 Å². The van der Waals surface area contributed by atoms with E-state index in [9.17, 15) is 4.79 Å². The van der Waals surface area contributed by atoms with Crippen LogP contribution in [-0.4, -0.2) is 22.4 Å². The molecule has 0 atom stereocenters. The summed E-state index contributed by atoms with van der Waals surface area (Å²) in [5, 5.41) is 10.4. The van der Waals surface area contributed by atoms with Crippen LogP contribution in [0.25, 0.3) is 0 Å². The lowest BCUT2D eigenvalue weighted by Gasteiger charge is -2.23. The Bertz CT molecular complexity index is 709. The van der Waals surface area contributed by atoms with Gasteiger partial charge in [-0.1, -0.05) is 44.2 Å². The van der Waals surface area contributed by atoms with E-state index in [0.29, 0.717) is 31.1 Å². The van der Waals surface area contributed by atoms with Crippen molar-refractivity contribution in [1.29, 1.82) is 5.26 Å². The SMILES string of the molecule is CC(C)CNN(C(=O)CCc1ccccc1)c1ccnc(C#N)n1. The largest absolute Gasteiger partial charge is 0.273 e. The van der Waals surface area contributed by atoms with Gasteiger partial charge in [0.2, 0.25) is 11.7 Å². The molecule has 2 rings (SSSR count). The van der Waals surface area contributed by atoms with Crippen molar-refractivity contribution in [1.82, 2.24) is 15.4 Å². The summed E-state index contributed by atoms with van der Waals surface area (Å²) in [6.07, 6.45) is 2.48. The number of nitrogens with one attached hydrogen (secondary N) is 1. The zero-order valence-electron chi connectivity index (χ0n) is 13.9. The van der Waals surface area contributed by atoms with Gasteiger partial charge in [-0.05, 0) is 17.9 Å². The van der Waals surface area contributed by atoms with E-state index >= 15 is 0 Å². The molecule has 6 nitrogen and oxygen atoms in total. The van der Waals surface area contributed by atoms with Crippen LogP contribution in [0.1, 0.15) is 31.7 Å². The third-order valence-electron chi connectivity index (χ3n) is 3.35. The van der Waals surface area contributed by atoms with Crippen molar-refractivity contribution < 1.29 is 4.79 Å². The van der Waals surface area contributed by atoms with Crippen molar-refractivity contribution in [2.45, 2.75) is 26.7 Å². The number of aryl methyl sites for hydroxylation is 1. The van der Waals surface area contributed by atoms with E-state index < -0.39 is 0 Å². The van der Waals surface area contributed by atoms with E-state index in [2.05, 4.69) is 29.2 Å². The van der Waals surface area contributed by atoms with Crippen molar-refractivity contribution in [2.75, 3.05) is 11.6 Å². The second-order valence-corrected chi connectivity index (χ2v) is 5.82. The van der Waals surface area contributed by atoms with E-state index in [4.69, 9.17) is 5.26 Å². The Morgan fingerprint density at radius 2 is 2.04 bits per heavy atom. The van der Waals surface area contributed by atoms with Crippen LogP contribution in [0.4, 0.5) is 5.82 Å². The number of anilines is 1. The second kappa shape index (κ2) is 8.75. The molecule has 2 aromatic rings. The molecule has 1 aromatic heterocycles. The maximum absolute atomic E-state index is 12.6. The molecule has 0 aliphatic carbocycles. The molecular weight excluding hydrogens is 302 g/mol. The first-order valence-corrected chi connectivity index (χ1v) is 7.93. The van der Waals surface area contributed by atoms with Gasteiger partial charge in [-0.2, -0.15) is 10.2 Å². The van der Waals surface area contributed by atoms with Crippen LogP contribution in [0, 0.1) is 17.2 Å². The summed E-state index contributed by atoms with van der Waals surface area (Å²) in [5.74, 6) is 0.703. The molecule has 1 amide bonds. The molecule has 1 N–H and O–H groups in total. The summed E-state index contributed by atoms with van der Waals surface area (Å²) in [6, 6.07) is 13.4. The first kappa shape index (κ1) is 17.6. The zero-order chi connectivity index (χ0) is 17.4. The van der Waals surface area contributed by atoms with Gasteiger partial charge in [0.1, 0.15) is 6.07 Å². The van der Waals surface area contributed by atoms with E-state index in [1.807, 2.05) is 36.4 Å². The Morgan fingerprint density at radius 1 is 1.29 bits per heavy atom. The Labute approximate surface area is 142 Å². The van der Waals surface area contributed by atoms with Gasteiger partial charge in [0.05, 0.1) is 0 Å². The van der Waals surface area contributed by atoms with Crippen LogP contribution in [-0.2, 0) is 11.2 Å². The van der Waals surface area contributed by atoms with Crippen LogP contribution in [0.3, 0.4) is 0 Å². The van der Waals surface area contributed by atoms with Crippen molar-refractivity contribution >= 4 is 11.7 Å². The Kier molecular flexibility index (Phi) is 6.41. The lowest BCUT2D eigenvalue weighted by atomic mass is 10.1. The quantitative estimate of drug-likeness (QED) is 0.792. The van der Waals surface area contributed by atoms with E-state index in [-0.39, 0.29) is 11.7 Å². The molecule has 124 valence electrons. The summed E-state index contributed by atoms with van der Waals surface area (Å²) in [5.41, 5.74) is 4.21. The molecule has 0 saturated heterocycles. The van der Waals surface area contributed by atoms with Gasteiger partial charge in [-0.25, -0.2) is 15.4 Å². The summed E-state index contributed by atoms with van der Waals surface area (Å²) >= 11 is 0. The number of rotatable bonds is 7. The fourth-order valence-corrected chi connectivity index (χ4v) is 2.11. The van der Waals surface area contributed by atoms with Gasteiger partial charge < -0.3 is 0 Å². The van der Waals surface area contributed by atoms with Gasteiger partial charge in [0, 0.05) is 25.2 Å². The summed E-state index contributed by atoms with van der Waals surface area (Å²) in [7, 11) is 0. The smallest absolute Gasteiger partial charge is 0.243 e. The van der Waals surface area contributed by atoms with Gasteiger partial charge >= 0.3 is 0 Å². The van der Waals surface area contributed by atoms with Crippen LogP contribution >= 0.6 is 0 Å². The number of carbonyl (C=O) groups is 1. The number of hydrogen-bond acceptors (Lipinski definition) is 5. The zero-order valence-corrected chi connectivity index (χ0v) is 13.9. The average Bonchev–Trinajstić information content (AvgIpc) is 2.61. The van der Waals surface area contributed by atoms with Gasteiger partial charge in [0.15, 0.2) is 5.82 Å². The normalized spacial score (nSPS) is 10.4. The lowest BCUT2D eigenvalue weighted by Crippen LogP contribution is -2.45. The topological polar surface area (TPSA) is 81.9 Å². The summed E-state index contributed by atoms with van der Waals surface area (Å²) in [6.45, 7) is 4.74. The summed E-state index contributed by atoms with van der Waals surface area (Å²) in [4.78, 5) is 20.6. The molecule has 6 heteroatoms. The van der Waals surface area contributed by atoms with Crippen LogP contribution in [0.15, 0.2) is 42.6 Å². The fourth-order valence-electron chi connectivity index (χ4n) is 2.11.